The van der Waals surface area contributed by atoms with E-state index in [1.807, 2.05) is 0 Å². The van der Waals surface area contributed by atoms with Gasteiger partial charge in [0.25, 0.3) is 0 Å². The number of aromatic nitrogens is 1. The third-order valence-corrected chi connectivity index (χ3v) is 6.83. The number of pyridine rings is 1. The van der Waals surface area contributed by atoms with Crippen molar-refractivity contribution >= 4 is 11.8 Å². The summed E-state index contributed by atoms with van der Waals surface area (Å²) in [6.45, 7) is 1.10. The van der Waals surface area contributed by atoms with Crippen LogP contribution in [0.3, 0.4) is 0 Å². The zero-order chi connectivity index (χ0) is 27.9. The molecule has 2 fully saturated rings. The maximum absolute atomic E-state index is 14.3. The molecule has 3 aliphatic rings. The molecule has 0 spiro atoms. The van der Waals surface area contributed by atoms with Crippen molar-refractivity contribution in [1.82, 2.24) is 26.0 Å². The van der Waals surface area contributed by atoms with E-state index in [0.29, 0.717) is 48.4 Å². The van der Waals surface area contributed by atoms with Crippen molar-refractivity contribution in [2.75, 3.05) is 25.0 Å². The van der Waals surface area contributed by atoms with Crippen molar-refractivity contribution in [2.24, 2.45) is 16.9 Å². The molecule has 0 bridgehead atoms. The topological polar surface area (TPSA) is 59.0 Å². The van der Waals surface area contributed by atoms with Crippen molar-refractivity contribution in [3.05, 3.63) is 58.5 Å². The van der Waals surface area contributed by atoms with Gasteiger partial charge in [-0.2, -0.15) is 30.7 Å². The van der Waals surface area contributed by atoms with Gasteiger partial charge in [0.05, 0.1) is 11.1 Å². The molecular formula is C25H28F7N7. The Morgan fingerprint density at radius 2 is 1.46 bits per heavy atom. The van der Waals surface area contributed by atoms with Crippen molar-refractivity contribution in [3.63, 3.8) is 0 Å². The lowest BCUT2D eigenvalue weighted by Crippen LogP contribution is -2.44. The van der Waals surface area contributed by atoms with Crippen LogP contribution < -0.4 is 15.9 Å². The summed E-state index contributed by atoms with van der Waals surface area (Å²) in [5, 5.41) is 5.50. The standard InChI is InChI=1S/C25H28F7N7/c1-37-35-23(34-36-37)39(13-17-8-19(24(27,28)29)10-20(9-17)25(30,31)32)14-18-6-7-21(26)33-22(18)38(11-15-2-3-15)12-16-4-5-16/h6-10,15-16,36H,2-5,11-14H2,1H3,(H,34,35). The van der Waals surface area contributed by atoms with Crippen molar-refractivity contribution in [2.45, 2.75) is 51.1 Å². The second-order valence-electron chi connectivity index (χ2n) is 10.4. The first-order valence-corrected chi connectivity index (χ1v) is 12.6. The third kappa shape index (κ3) is 7.02. The molecule has 1 aliphatic heterocycles. The maximum Gasteiger partial charge on any atom is 0.416 e. The molecule has 2 heterocycles. The van der Waals surface area contributed by atoms with E-state index >= 15 is 0 Å². The van der Waals surface area contributed by atoms with Gasteiger partial charge < -0.3 is 9.80 Å². The second kappa shape index (κ2) is 10.4. The number of guanidine groups is 1. The molecule has 0 amide bonds. The van der Waals surface area contributed by atoms with Crippen molar-refractivity contribution in [3.8, 4) is 0 Å². The molecule has 0 atom stereocenters. The van der Waals surface area contributed by atoms with E-state index < -0.39 is 29.4 Å². The minimum atomic E-state index is -4.97. The van der Waals surface area contributed by atoms with Gasteiger partial charge in [-0.3, -0.25) is 5.43 Å². The highest BCUT2D eigenvalue weighted by Gasteiger charge is 2.37. The lowest BCUT2D eigenvalue weighted by molar-refractivity contribution is -0.143. The smallest absolute Gasteiger partial charge is 0.356 e. The van der Waals surface area contributed by atoms with Crippen molar-refractivity contribution in [1.29, 1.82) is 0 Å². The summed E-state index contributed by atoms with van der Waals surface area (Å²) in [5.74, 6) is 0.917. The first-order chi connectivity index (χ1) is 18.3. The number of hydrazine groups is 2. The molecule has 2 aliphatic carbocycles. The van der Waals surface area contributed by atoms with Crippen LogP contribution in [-0.2, 0) is 25.4 Å². The van der Waals surface area contributed by atoms with E-state index in [4.69, 9.17) is 0 Å². The number of benzene rings is 1. The quantitative estimate of drug-likeness (QED) is 0.329. The summed E-state index contributed by atoms with van der Waals surface area (Å²) in [5.41, 5.74) is 3.09. The fraction of sp³-hybridized carbons (Fsp3) is 0.520. The Balaban J connectivity index is 1.49. The molecule has 39 heavy (non-hydrogen) atoms. The molecule has 1 aromatic heterocycles. The summed E-state index contributed by atoms with van der Waals surface area (Å²) >= 11 is 0. The van der Waals surface area contributed by atoms with Crippen LogP contribution in [0, 0.1) is 17.8 Å². The number of anilines is 1. The molecule has 14 heteroatoms. The number of rotatable bonds is 9. The molecule has 0 radical (unpaired) electrons. The molecular weight excluding hydrogens is 531 g/mol. The molecule has 2 aromatic rings. The monoisotopic (exact) mass is 559 g/mol. The first kappa shape index (κ1) is 27.3. The Morgan fingerprint density at radius 1 is 0.872 bits per heavy atom. The SMILES string of the molecule is CN1NN=C(N(Cc2cc(C(F)(F)F)cc(C(F)(F)F)c2)Cc2ccc(F)nc2N(CC2CC2)CC2CC2)N1. The van der Waals surface area contributed by atoms with Gasteiger partial charge in [-0.25, -0.2) is 10.5 Å². The summed E-state index contributed by atoms with van der Waals surface area (Å²) < 4.78 is 95.3. The average Bonchev–Trinajstić information content (AvgIpc) is 3.79. The van der Waals surface area contributed by atoms with Crippen LogP contribution in [0.25, 0.3) is 0 Å². The number of hydrogen-bond acceptors (Lipinski definition) is 7. The predicted molar refractivity (Wildman–Crippen MR) is 129 cm³/mol. The third-order valence-electron chi connectivity index (χ3n) is 6.83. The molecule has 0 unspecified atom stereocenters. The van der Waals surface area contributed by atoms with Crippen LogP contribution >= 0.6 is 0 Å². The summed E-state index contributed by atoms with van der Waals surface area (Å²) in [4.78, 5) is 7.74. The Morgan fingerprint density at radius 3 is 1.95 bits per heavy atom. The molecule has 2 N–H and O–H groups in total. The van der Waals surface area contributed by atoms with Gasteiger partial charge in [-0.05, 0) is 73.4 Å². The van der Waals surface area contributed by atoms with Gasteiger partial charge in [0.1, 0.15) is 5.82 Å². The largest absolute Gasteiger partial charge is 0.416 e. The van der Waals surface area contributed by atoms with Gasteiger partial charge in [0.15, 0.2) is 0 Å². The maximum atomic E-state index is 14.3. The van der Waals surface area contributed by atoms with E-state index in [1.54, 1.807) is 13.1 Å². The van der Waals surface area contributed by atoms with Crippen LogP contribution in [0.1, 0.15) is 47.9 Å². The summed E-state index contributed by atoms with van der Waals surface area (Å²) in [6.07, 6.45) is -5.62. The number of alkyl halides is 6. The number of hydrogen-bond donors (Lipinski definition) is 2. The number of halogens is 7. The van der Waals surface area contributed by atoms with E-state index in [9.17, 15) is 30.7 Å². The van der Waals surface area contributed by atoms with E-state index in [0.717, 1.165) is 25.7 Å². The second-order valence-corrected chi connectivity index (χ2v) is 10.4. The minimum absolute atomic E-state index is 0.00734. The van der Waals surface area contributed by atoms with E-state index in [1.165, 1.54) is 16.1 Å². The summed E-state index contributed by atoms with van der Waals surface area (Å²) in [6, 6.07) is 4.25. The van der Waals surface area contributed by atoms with E-state index in [-0.39, 0.29) is 30.7 Å². The highest BCUT2D eigenvalue weighted by atomic mass is 19.4. The van der Waals surface area contributed by atoms with Gasteiger partial charge in [0.2, 0.25) is 11.9 Å². The Bertz CT molecular complexity index is 1180. The lowest BCUT2D eigenvalue weighted by Gasteiger charge is -2.30. The van der Waals surface area contributed by atoms with Gasteiger partial charge in [-0.15, -0.1) is 10.2 Å². The van der Waals surface area contributed by atoms with Gasteiger partial charge in [-0.1, -0.05) is 0 Å². The first-order valence-electron chi connectivity index (χ1n) is 12.6. The normalized spacial score (nSPS) is 18.0. The Labute approximate surface area is 220 Å². The fourth-order valence-electron chi connectivity index (χ4n) is 4.53. The van der Waals surface area contributed by atoms with Gasteiger partial charge in [0, 0.05) is 38.8 Å². The minimum Gasteiger partial charge on any atom is -0.356 e. The van der Waals surface area contributed by atoms with Crippen molar-refractivity contribution < 1.29 is 30.7 Å². The molecule has 1 aromatic carbocycles. The van der Waals surface area contributed by atoms with Crippen LogP contribution in [0.5, 0.6) is 0 Å². The average molecular weight is 560 g/mol. The lowest BCUT2D eigenvalue weighted by atomic mass is 10.0. The number of nitrogens with one attached hydrogen (secondary N) is 2. The molecule has 5 rings (SSSR count). The molecule has 212 valence electrons. The van der Waals surface area contributed by atoms with Crippen LogP contribution in [0.2, 0.25) is 0 Å². The zero-order valence-electron chi connectivity index (χ0n) is 21.1. The Kier molecular flexibility index (Phi) is 7.25. The highest BCUT2D eigenvalue weighted by Crippen LogP contribution is 2.38. The van der Waals surface area contributed by atoms with E-state index in [2.05, 4.69) is 25.9 Å². The predicted octanol–water partition coefficient (Wildman–Crippen LogP) is 5.11. The number of nitrogens with zero attached hydrogens (tertiary/aromatic N) is 5. The van der Waals surface area contributed by atoms with Crippen LogP contribution in [-0.4, -0.2) is 41.1 Å². The zero-order valence-corrected chi connectivity index (χ0v) is 21.1. The Hall–Kier alpha value is -3.29. The van der Waals surface area contributed by atoms with Crippen LogP contribution in [0.15, 0.2) is 35.4 Å². The molecule has 7 nitrogen and oxygen atoms in total. The van der Waals surface area contributed by atoms with Crippen LogP contribution in [0.4, 0.5) is 36.6 Å². The highest BCUT2D eigenvalue weighted by molar-refractivity contribution is 5.80. The molecule has 0 saturated heterocycles. The fourth-order valence-corrected chi connectivity index (χ4v) is 4.53. The summed E-state index contributed by atoms with van der Waals surface area (Å²) in [7, 11) is 1.60. The molecule has 2 saturated carbocycles. The van der Waals surface area contributed by atoms with Gasteiger partial charge >= 0.3 is 12.4 Å². The number of hydrazone groups is 1.